The van der Waals surface area contributed by atoms with Crippen LogP contribution in [0.5, 0.6) is 0 Å². The van der Waals surface area contributed by atoms with E-state index in [1.165, 1.54) is 0 Å². The standard InChI is InChI=1S/C12H9ClN2O/c13-9-5-7-10(8-6-9)14-11-3-1-2-4-12(11)15-16/h1-8,14H. The molecule has 0 amide bonds. The van der Waals surface area contributed by atoms with Crippen molar-refractivity contribution >= 4 is 28.7 Å². The maximum absolute atomic E-state index is 10.6. The predicted molar refractivity (Wildman–Crippen MR) is 66.6 cm³/mol. The van der Waals surface area contributed by atoms with Crippen molar-refractivity contribution in [3.05, 3.63) is 58.5 Å². The second kappa shape index (κ2) is 4.77. The van der Waals surface area contributed by atoms with Crippen LogP contribution in [0, 0.1) is 4.91 Å². The molecule has 1 N–H and O–H groups in total. The van der Waals surface area contributed by atoms with E-state index in [9.17, 15) is 4.91 Å². The number of nitrogens with one attached hydrogen (secondary N) is 1. The molecule has 16 heavy (non-hydrogen) atoms. The summed E-state index contributed by atoms with van der Waals surface area (Å²) in [5, 5.41) is 6.72. The Morgan fingerprint density at radius 3 is 2.38 bits per heavy atom. The quantitative estimate of drug-likeness (QED) is 0.793. The van der Waals surface area contributed by atoms with Crippen molar-refractivity contribution < 1.29 is 0 Å². The third kappa shape index (κ3) is 2.38. The van der Waals surface area contributed by atoms with Gasteiger partial charge in [0.1, 0.15) is 5.69 Å². The Morgan fingerprint density at radius 1 is 1.00 bits per heavy atom. The topological polar surface area (TPSA) is 41.5 Å². The van der Waals surface area contributed by atoms with Crippen molar-refractivity contribution in [1.29, 1.82) is 0 Å². The van der Waals surface area contributed by atoms with Crippen molar-refractivity contribution in [3.63, 3.8) is 0 Å². The Morgan fingerprint density at radius 2 is 1.69 bits per heavy atom. The molecule has 0 heterocycles. The lowest BCUT2D eigenvalue weighted by molar-refractivity contribution is 1.46. The largest absolute Gasteiger partial charge is 0.354 e. The van der Waals surface area contributed by atoms with Crippen LogP contribution in [-0.2, 0) is 0 Å². The van der Waals surface area contributed by atoms with Gasteiger partial charge in [-0.25, -0.2) is 0 Å². The van der Waals surface area contributed by atoms with Crippen LogP contribution in [0.2, 0.25) is 5.02 Å². The van der Waals surface area contributed by atoms with Crippen molar-refractivity contribution in [2.75, 3.05) is 5.32 Å². The fourth-order valence-corrected chi connectivity index (χ4v) is 1.47. The van der Waals surface area contributed by atoms with Crippen LogP contribution < -0.4 is 5.32 Å². The lowest BCUT2D eigenvalue weighted by atomic mass is 10.2. The molecule has 0 aromatic heterocycles. The Labute approximate surface area is 98.0 Å². The summed E-state index contributed by atoms with van der Waals surface area (Å²) in [7, 11) is 0. The van der Waals surface area contributed by atoms with Crippen molar-refractivity contribution in [3.8, 4) is 0 Å². The van der Waals surface area contributed by atoms with E-state index in [-0.39, 0.29) is 0 Å². The molecule has 3 nitrogen and oxygen atoms in total. The molecule has 4 heteroatoms. The van der Waals surface area contributed by atoms with E-state index in [0.29, 0.717) is 16.4 Å². The van der Waals surface area contributed by atoms with Gasteiger partial charge in [-0.15, -0.1) is 4.91 Å². The first-order valence-corrected chi connectivity index (χ1v) is 5.12. The fourth-order valence-electron chi connectivity index (χ4n) is 1.35. The second-order valence-electron chi connectivity index (χ2n) is 3.24. The normalized spacial score (nSPS) is 9.81. The van der Waals surface area contributed by atoms with Crippen molar-refractivity contribution in [1.82, 2.24) is 0 Å². The minimum atomic E-state index is 0.387. The first-order valence-electron chi connectivity index (χ1n) is 4.74. The van der Waals surface area contributed by atoms with Crippen LogP contribution in [0.1, 0.15) is 0 Å². The Balaban J connectivity index is 2.26. The molecule has 0 aliphatic rings. The van der Waals surface area contributed by atoms with Gasteiger partial charge >= 0.3 is 0 Å². The molecule has 0 saturated heterocycles. The molecule has 0 aliphatic heterocycles. The van der Waals surface area contributed by atoms with Gasteiger partial charge in [0, 0.05) is 10.7 Å². The zero-order chi connectivity index (χ0) is 11.4. The maximum Gasteiger partial charge on any atom is 0.131 e. The number of hydrogen-bond donors (Lipinski definition) is 1. The Kier molecular flexibility index (Phi) is 3.17. The summed E-state index contributed by atoms with van der Waals surface area (Å²) in [5.41, 5.74) is 1.93. The highest BCUT2D eigenvalue weighted by molar-refractivity contribution is 6.30. The number of para-hydroxylation sites is 1. The molecule has 2 aromatic rings. The van der Waals surface area contributed by atoms with Crippen LogP contribution >= 0.6 is 11.6 Å². The van der Waals surface area contributed by atoms with Gasteiger partial charge in [-0.2, -0.15) is 0 Å². The summed E-state index contributed by atoms with van der Waals surface area (Å²) in [6.07, 6.45) is 0. The number of nitroso groups, excluding NO2 is 1. The SMILES string of the molecule is O=Nc1ccccc1Nc1ccc(Cl)cc1. The number of benzene rings is 2. The van der Waals surface area contributed by atoms with Crippen LogP contribution in [0.15, 0.2) is 53.7 Å². The molecule has 0 radical (unpaired) electrons. The summed E-state index contributed by atoms with van der Waals surface area (Å²) < 4.78 is 0. The smallest absolute Gasteiger partial charge is 0.131 e. The molecule has 0 spiro atoms. The average Bonchev–Trinajstić information content (AvgIpc) is 2.33. The predicted octanol–water partition coefficient (Wildman–Crippen LogP) is 4.48. The molecule has 0 atom stereocenters. The number of rotatable bonds is 3. The van der Waals surface area contributed by atoms with E-state index >= 15 is 0 Å². The van der Waals surface area contributed by atoms with Gasteiger partial charge < -0.3 is 5.32 Å². The van der Waals surface area contributed by atoms with Gasteiger partial charge in [0.05, 0.1) is 5.69 Å². The molecule has 0 fully saturated rings. The minimum absolute atomic E-state index is 0.387. The molecule has 0 unspecified atom stereocenters. The first kappa shape index (κ1) is 10.6. The molecule has 0 saturated carbocycles. The Bertz CT molecular complexity index is 497. The summed E-state index contributed by atoms with van der Waals surface area (Å²) in [6, 6.07) is 14.3. The highest BCUT2D eigenvalue weighted by atomic mass is 35.5. The van der Waals surface area contributed by atoms with E-state index in [0.717, 1.165) is 5.69 Å². The fraction of sp³-hybridized carbons (Fsp3) is 0. The lowest BCUT2D eigenvalue weighted by Crippen LogP contribution is -1.89. The minimum Gasteiger partial charge on any atom is -0.354 e. The van der Waals surface area contributed by atoms with Crippen LogP contribution in [0.4, 0.5) is 17.1 Å². The molecule has 0 aliphatic carbocycles. The zero-order valence-corrected chi connectivity index (χ0v) is 9.11. The van der Waals surface area contributed by atoms with Gasteiger partial charge in [-0.05, 0) is 41.6 Å². The zero-order valence-electron chi connectivity index (χ0n) is 8.35. The summed E-state index contributed by atoms with van der Waals surface area (Å²) in [5.74, 6) is 0. The van der Waals surface area contributed by atoms with Gasteiger partial charge in [-0.3, -0.25) is 0 Å². The van der Waals surface area contributed by atoms with Crippen molar-refractivity contribution in [2.45, 2.75) is 0 Å². The molecular weight excluding hydrogens is 224 g/mol. The summed E-state index contributed by atoms with van der Waals surface area (Å²) >= 11 is 5.78. The third-order valence-corrected chi connectivity index (χ3v) is 2.38. The summed E-state index contributed by atoms with van der Waals surface area (Å²) in [4.78, 5) is 10.6. The number of nitrogens with zero attached hydrogens (tertiary/aromatic N) is 1. The number of anilines is 2. The van der Waals surface area contributed by atoms with Gasteiger partial charge in [0.25, 0.3) is 0 Å². The second-order valence-corrected chi connectivity index (χ2v) is 3.68. The molecule has 80 valence electrons. The van der Waals surface area contributed by atoms with E-state index < -0.39 is 0 Å². The lowest BCUT2D eigenvalue weighted by Gasteiger charge is -2.07. The Hall–Kier alpha value is -1.87. The van der Waals surface area contributed by atoms with Gasteiger partial charge in [-0.1, -0.05) is 23.7 Å². The number of halogens is 1. The van der Waals surface area contributed by atoms with E-state index in [1.54, 1.807) is 30.3 Å². The number of hydrogen-bond acceptors (Lipinski definition) is 3. The highest BCUT2D eigenvalue weighted by Crippen LogP contribution is 2.27. The average molecular weight is 233 g/mol. The van der Waals surface area contributed by atoms with E-state index in [1.807, 2.05) is 18.2 Å². The molecule has 0 bridgehead atoms. The maximum atomic E-state index is 10.6. The van der Waals surface area contributed by atoms with Crippen LogP contribution in [0.25, 0.3) is 0 Å². The monoisotopic (exact) mass is 232 g/mol. The highest BCUT2D eigenvalue weighted by Gasteiger charge is 2.01. The van der Waals surface area contributed by atoms with E-state index in [4.69, 9.17) is 11.6 Å². The summed E-state index contributed by atoms with van der Waals surface area (Å²) in [6.45, 7) is 0. The van der Waals surface area contributed by atoms with Crippen LogP contribution in [-0.4, -0.2) is 0 Å². The van der Waals surface area contributed by atoms with Crippen LogP contribution in [0.3, 0.4) is 0 Å². The van der Waals surface area contributed by atoms with E-state index in [2.05, 4.69) is 10.5 Å². The third-order valence-electron chi connectivity index (χ3n) is 2.13. The van der Waals surface area contributed by atoms with Gasteiger partial charge in [0.2, 0.25) is 0 Å². The van der Waals surface area contributed by atoms with Gasteiger partial charge in [0.15, 0.2) is 0 Å². The molecule has 2 rings (SSSR count). The first-order chi connectivity index (χ1) is 7.79. The molecule has 2 aromatic carbocycles. The van der Waals surface area contributed by atoms with Crippen molar-refractivity contribution in [2.24, 2.45) is 5.18 Å². The molecular formula is C12H9ClN2O.